The maximum atomic E-state index is 12.6. The Bertz CT molecular complexity index is 700. The number of carbonyl (C=O) groups is 1. The summed E-state index contributed by atoms with van der Waals surface area (Å²) in [6.07, 6.45) is 1.93. The van der Waals surface area contributed by atoms with E-state index >= 15 is 0 Å². The molecule has 0 spiro atoms. The predicted octanol–water partition coefficient (Wildman–Crippen LogP) is 2.00. The summed E-state index contributed by atoms with van der Waals surface area (Å²) in [6.45, 7) is 5.98. The van der Waals surface area contributed by atoms with E-state index in [4.69, 9.17) is 0 Å². The van der Waals surface area contributed by atoms with Gasteiger partial charge in [-0.3, -0.25) is 9.69 Å². The Labute approximate surface area is 136 Å². The third-order valence-corrected chi connectivity index (χ3v) is 4.59. The second-order valence-corrected chi connectivity index (χ2v) is 6.16. The monoisotopic (exact) mass is 313 g/mol. The first-order valence-electron chi connectivity index (χ1n) is 7.96. The molecule has 1 N–H and O–H groups in total. The number of piperazine rings is 1. The van der Waals surface area contributed by atoms with E-state index in [-0.39, 0.29) is 5.91 Å². The quantitative estimate of drug-likeness (QED) is 0.943. The number of amides is 1. The maximum Gasteiger partial charge on any atom is 0.255 e. The fraction of sp³-hybridized carbons (Fsp3) is 0.389. The molecule has 23 heavy (non-hydrogen) atoms. The summed E-state index contributed by atoms with van der Waals surface area (Å²) in [5.74, 6) is 0.427. The molecule has 2 heterocycles. The lowest BCUT2D eigenvalue weighted by Gasteiger charge is -2.34. The van der Waals surface area contributed by atoms with Crippen LogP contribution < -0.4 is 0 Å². The smallest absolute Gasteiger partial charge is 0.255 e. The number of phenols is 1. The van der Waals surface area contributed by atoms with E-state index in [1.165, 1.54) is 0 Å². The molecule has 0 unspecified atom stereocenters. The fourth-order valence-corrected chi connectivity index (χ4v) is 3.03. The maximum absolute atomic E-state index is 12.6. The number of aryl methyl sites for hydroxylation is 1. The summed E-state index contributed by atoms with van der Waals surface area (Å²) in [5.41, 5.74) is 2.91. The van der Waals surface area contributed by atoms with Crippen LogP contribution in [0.15, 0.2) is 36.5 Å². The number of carbonyl (C=O) groups excluding carboxylic acids is 1. The van der Waals surface area contributed by atoms with Crippen molar-refractivity contribution in [3.8, 4) is 5.75 Å². The largest absolute Gasteiger partial charge is 0.508 e. The highest BCUT2D eigenvalue weighted by Crippen LogP contribution is 2.16. The van der Waals surface area contributed by atoms with Crippen molar-refractivity contribution in [2.24, 2.45) is 7.05 Å². The summed E-state index contributed by atoms with van der Waals surface area (Å²) in [6, 6.07) is 9.26. The summed E-state index contributed by atoms with van der Waals surface area (Å²) in [5, 5.41) is 9.54. The van der Waals surface area contributed by atoms with E-state index < -0.39 is 0 Å². The van der Waals surface area contributed by atoms with Gasteiger partial charge in [0.1, 0.15) is 5.75 Å². The van der Waals surface area contributed by atoms with Crippen molar-refractivity contribution in [3.63, 3.8) is 0 Å². The van der Waals surface area contributed by atoms with Gasteiger partial charge in [-0.25, -0.2) is 0 Å². The zero-order valence-corrected chi connectivity index (χ0v) is 13.7. The Morgan fingerprint density at radius 3 is 2.52 bits per heavy atom. The molecule has 2 aromatic rings. The van der Waals surface area contributed by atoms with Crippen LogP contribution in [-0.4, -0.2) is 51.6 Å². The summed E-state index contributed by atoms with van der Waals surface area (Å²) >= 11 is 0. The van der Waals surface area contributed by atoms with Crippen molar-refractivity contribution in [2.45, 2.75) is 13.5 Å². The second-order valence-electron chi connectivity index (χ2n) is 6.16. The molecule has 1 amide bonds. The van der Waals surface area contributed by atoms with Crippen LogP contribution in [0.25, 0.3) is 0 Å². The Morgan fingerprint density at radius 1 is 1.17 bits per heavy atom. The van der Waals surface area contributed by atoms with Crippen LogP contribution in [-0.2, 0) is 13.6 Å². The average molecular weight is 313 g/mol. The molecule has 0 radical (unpaired) electrons. The van der Waals surface area contributed by atoms with Crippen molar-refractivity contribution in [1.29, 1.82) is 0 Å². The van der Waals surface area contributed by atoms with Gasteiger partial charge in [0.2, 0.25) is 0 Å². The van der Waals surface area contributed by atoms with E-state index in [9.17, 15) is 9.90 Å². The molecule has 0 aliphatic carbocycles. The average Bonchev–Trinajstić information content (AvgIpc) is 2.87. The highest BCUT2D eigenvalue weighted by atomic mass is 16.3. The topological polar surface area (TPSA) is 48.7 Å². The lowest BCUT2D eigenvalue weighted by molar-refractivity contribution is 0.0627. The number of aromatic hydroxyl groups is 1. The van der Waals surface area contributed by atoms with Crippen molar-refractivity contribution < 1.29 is 9.90 Å². The van der Waals surface area contributed by atoms with Gasteiger partial charge in [0.15, 0.2) is 0 Å². The van der Waals surface area contributed by atoms with Crippen LogP contribution in [0.5, 0.6) is 5.75 Å². The van der Waals surface area contributed by atoms with Crippen LogP contribution in [0.4, 0.5) is 0 Å². The van der Waals surface area contributed by atoms with Crippen molar-refractivity contribution in [3.05, 3.63) is 53.3 Å². The SMILES string of the molecule is Cc1c(C(=O)N2CCN(Cc3cccc(O)c3)CC2)ccn1C. The van der Waals surface area contributed by atoms with Crippen LogP contribution in [0, 0.1) is 6.92 Å². The van der Waals surface area contributed by atoms with Gasteiger partial charge in [-0.15, -0.1) is 0 Å². The van der Waals surface area contributed by atoms with Gasteiger partial charge >= 0.3 is 0 Å². The summed E-state index contributed by atoms with van der Waals surface area (Å²) in [4.78, 5) is 16.9. The Morgan fingerprint density at radius 2 is 1.91 bits per heavy atom. The third kappa shape index (κ3) is 3.40. The number of hydrogen-bond acceptors (Lipinski definition) is 3. The van der Waals surface area contributed by atoms with Gasteiger partial charge in [0.25, 0.3) is 5.91 Å². The van der Waals surface area contributed by atoms with E-state index in [1.807, 2.05) is 47.8 Å². The first-order chi connectivity index (χ1) is 11.0. The van der Waals surface area contributed by atoms with E-state index in [2.05, 4.69) is 4.90 Å². The Kier molecular flexibility index (Phi) is 4.39. The first-order valence-corrected chi connectivity index (χ1v) is 7.96. The van der Waals surface area contributed by atoms with Gasteiger partial charge in [-0.05, 0) is 30.7 Å². The molecular weight excluding hydrogens is 290 g/mol. The standard InChI is InChI=1S/C18H23N3O2/c1-14-17(6-7-19(14)2)18(23)21-10-8-20(9-11-21)13-15-4-3-5-16(22)12-15/h3-7,12,22H,8-11,13H2,1-2H3. The summed E-state index contributed by atoms with van der Waals surface area (Å²) in [7, 11) is 1.96. The number of nitrogens with zero attached hydrogens (tertiary/aromatic N) is 3. The fourth-order valence-electron chi connectivity index (χ4n) is 3.03. The van der Waals surface area contributed by atoms with Crippen LogP contribution >= 0.6 is 0 Å². The second kappa shape index (κ2) is 6.46. The molecule has 1 aliphatic heterocycles. The van der Waals surface area contributed by atoms with Crippen LogP contribution in [0.2, 0.25) is 0 Å². The number of rotatable bonds is 3. The van der Waals surface area contributed by atoms with E-state index in [1.54, 1.807) is 12.1 Å². The van der Waals surface area contributed by atoms with E-state index in [0.29, 0.717) is 5.75 Å². The molecular formula is C18H23N3O2. The molecule has 0 atom stereocenters. The number of benzene rings is 1. The lowest BCUT2D eigenvalue weighted by atomic mass is 10.1. The Hall–Kier alpha value is -2.27. The van der Waals surface area contributed by atoms with Crippen molar-refractivity contribution in [2.75, 3.05) is 26.2 Å². The molecule has 1 aliphatic rings. The Balaban J connectivity index is 1.58. The number of aromatic nitrogens is 1. The third-order valence-electron chi connectivity index (χ3n) is 4.59. The zero-order chi connectivity index (χ0) is 16.4. The van der Waals surface area contributed by atoms with Crippen LogP contribution in [0.3, 0.4) is 0 Å². The molecule has 1 fully saturated rings. The minimum absolute atomic E-state index is 0.125. The molecule has 1 aromatic carbocycles. The van der Waals surface area contributed by atoms with Gasteiger partial charge in [-0.2, -0.15) is 0 Å². The first kappa shape index (κ1) is 15.6. The van der Waals surface area contributed by atoms with E-state index in [0.717, 1.165) is 49.5 Å². The van der Waals surface area contributed by atoms with Gasteiger partial charge in [0, 0.05) is 51.7 Å². The van der Waals surface area contributed by atoms with Crippen LogP contribution in [0.1, 0.15) is 21.6 Å². The number of phenolic OH excluding ortho intramolecular Hbond substituents is 1. The highest BCUT2D eigenvalue weighted by molar-refractivity contribution is 5.95. The predicted molar refractivity (Wildman–Crippen MR) is 89.4 cm³/mol. The lowest BCUT2D eigenvalue weighted by Crippen LogP contribution is -2.48. The van der Waals surface area contributed by atoms with Gasteiger partial charge in [-0.1, -0.05) is 12.1 Å². The minimum atomic E-state index is 0.125. The molecule has 122 valence electrons. The molecule has 1 saturated heterocycles. The minimum Gasteiger partial charge on any atom is -0.508 e. The van der Waals surface area contributed by atoms with Crippen molar-refractivity contribution >= 4 is 5.91 Å². The summed E-state index contributed by atoms with van der Waals surface area (Å²) < 4.78 is 1.98. The molecule has 5 nitrogen and oxygen atoms in total. The number of hydrogen-bond donors (Lipinski definition) is 1. The molecule has 0 saturated carbocycles. The normalized spacial score (nSPS) is 15.8. The molecule has 1 aromatic heterocycles. The van der Waals surface area contributed by atoms with Gasteiger partial charge < -0.3 is 14.6 Å². The molecule has 3 rings (SSSR count). The molecule has 0 bridgehead atoms. The molecule has 5 heteroatoms. The highest BCUT2D eigenvalue weighted by Gasteiger charge is 2.23. The zero-order valence-electron chi connectivity index (χ0n) is 13.7. The van der Waals surface area contributed by atoms with Crippen molar-refractivity contribution in [1.82, 2.24) is 14.4 Å². The van der Waals surface area contributed by atoms with Gasteiger partial charge in [0.05, 0.1) is 5.56 Å².